The van der Waals surface area contributed by atoms with Gasteiger partial charge in [0.05, 0.1) is 27.4 Å². The third kappa shape index (κ3) is 3.34. The number of rotatable bonds is 4. The molecule has 0 N–H and O–H groups in total. The molecule has 0 saturated heterocycles. The van der Waals surface area contributed by atoms with Crippen LogP contribution in [0, 0.1) is 12.7 Å². The number of nitrogens with zero attached hydrogens (tertiary/aromatic N) is 4. The molecule has 0 aliphatic carbocycles. The number of aromatic nitrogens is 4. The van der Waals surface area contributed by atoms with E-state index in [0.29, 0.717) is 37.9 Å². The first-order valence-electron chi connectivity index (χ1n) is 8.03. The van der Waals surface area contributed by atoms with E-state index in [9.17, 15) is 4.39 Å². The van der Waals surface area contributed by atoms with Gasteiger partial charge in [0.25, 0.3) is 0 Å². The molecule has 136 valence electrons. The van der Waals surface area contributed by atoms with Crippen molar-refractivity contribution in [2.75, 3.05) is 0 Å². The van der Waals surface area contributed by atoms with Crippen LogP contribution < -0.4 is 4.74 Å². The minimum Gasteiger partial charge on any atom is -0.487 e. The number of benzene rings is 1. The Kier molecular flexibility index (Phi) is 4.68. The minimum atomic E-state index is -0.395. The van der Waals surface area contributed by atoms with Crippen molar-refractivity contribution in [3.8, 4) is 11.4 Å². The fourth-order valence-corrected chi connectivity index (χ4v) is 3.30. The number of fused-ring (bicyclic) bond motifs is 1. The van der Waals surface area contributed by atoms with Gasteiger partial charge in [0.2, 0.25) is 0 Å². The molecule has 0 fully saturated rings. The van der Waals surface area contributed by atoms with Gasteiger partial charge in [-0.2, -0.15) is 0 Å². The first-order chi connectivity index (χ1) is 13.0. The van der Waals surface area contributed by atoms with E-state index in [1.165, 1.54) is 18.5 Å². The van der Waals surface area contributed by atoms with Crippen LogP contribution >= 0.6 is 23.2 Å². The van der Waals surface area contributed by atoms with Crippen molar-refractivity contribution in [3.63, 3.8) is 0 Å². The van der Waals surface area contributed by atoms with Crippen molar-refractivity contribution in [3.05, 3.63) is 76.4 Å². The summed E-state index contributed by atoms with van der Waals surface area (Å²) in [5.74, 6) is 0.0361. The van der Waals surface area contributed by atoms with Gasteiger partial charge < -0.3 is 9.30 Å². The molecule has 5 nitrogen and oxygen atoms in total. The summed E-state index contributed by atoms with van der Waals surface area (Å²) >= 11 is 12.3. The van der Waals surface area contributed by atoms with Crippen molar-refractivity contribution >= 4 is 34.1 Å². The number of hydrogen-bond acceptors (Lipinski definition) is 4. The molecule has 27 heavy (non-hydrogen) atoms. The quantitative estimate of drug-likeness (QED) is 0.473. The summed E-state index contributed by atoms with van der Waals surface area (Å²) in [7, 11) is 0. The van der Waals surface area contributed by atoms with E-state index in [1.54, 1.807) is 35.4 Å². The number of imidazole rings is 1. The molecule has 0 aliphatic rings. The summed E-state index contributed by atoms with van der Waals surface area (Å²) < 4.78 is 22.3. The third-order valence-corrected chi connectivity index (χ3v) is 4.74. The van der Waals surface area contributed by atoms with Gasteiger partial charge in [-0.15, -0.1) is 0 Å². The van der Waals surface area contributed by atoms with Gasteiger partial charge in [-0.3, -0.25) is 4.98 Å². The van der Waals surface area contributed by atoms with Crippen molar-refractivity contribution in [2.24, 2.45) is 0 Å². The highest BCUT2D eigenvalue weighted by Gasteiger charge is 2.16. The number of aryl methyl sites for hydroxylation is 1. The second kappa shape index (κ2) is 7.13. The molecule has 0 saturated carbocycles. The molecule has 0 amide bonds. The van der Waals surface area contributed by atoms with Crippen LogP contribution in [0.3, 0.4) is 0 Å². The van der Waals surface area contributed by atoms with E-state index in [2.05, 4.69) is 15.0 Å². The Bertz CT molecular complexity index is 1110. The van der Waals surface area contributed by atoms with Crippen LogP contribution in [0.15, 0.2) is 49.3 Å². The zero-order valence-electron chi connectivity index (χ0n) is 14.2. The molecule has 0 aliphatic heterocycles. The van der Waals surface area contributed by atoms with Crippen LogP contribution in [0.2, 0.25) is 10.0 Å². The predicted molar refractivity (Wildman–Crippen MR) is 102 cm³/mol. The van der Waals surface area contributed by atoms with Gasteiger partial charge in [-0.25, -0.2) is 14.4 Å². The van der Waals surface area contributed by atoms with Crippen LogP contribution in [0.1, 0.15) is 11.3 Å². The first kappa shape index (κ1) is 17.7. The standard InChI is InChI=1S/C19H13Cl2FN4O/c1-11-6-16(26-5-4-23-10-26)18-15(22)2-3-17(19(18)25-11)27-9-12-13(20)7-24-8-14(12)21/h2-8,10H,9H2,1H3. The smallest absolute Gasteiger partial charge is 0.146 e. The van der Waals surface area contributed by atoms with Crippen LogP contribution in [-0.2, 0) is 6.61 Å². The molecule has 0 bridgehead atoms. The lowest BCUT2D eigenvalue weighted by Crippen LogP contribution is -2.02. The van der Waals surface area contributed by atoms with E-state index in [4.69, 9.17) is 27.9 Å². The van der Waals surface area contributed by atoms with Gasteiger partial charge in [-0.05, 0) is 25.1 Å². The molecule has 0 spiro atoms. The summed E-state index contributed by atoms with van der Waals surface area (Å²) in [5, 5.41) is 1.15. The van der Waals surface area contributed by atoms with E-state index in [1.807, 2.05) is 6.92 Å². The molecule has 0 radical (unpaired) electrons. The van der Waals surface area contributed by atoms with Crippen molar-refractivity contribution < 1.29 is 9.13 Å². The SMILES string of the molecule is Cc1cc(-n2ccnc2)c2c(F)ccc(OCc3c(Cl)cncc3Cl)c2n1. The normalized spacial score (nSPS) is 11.1. The van der Waals surface area contributed by atoms with Crippen LogP contribution in [0.5, 0.6) is 5.75 Å². The monoisotopic (exact) mass is 402 g/mol. The van der Waals surface area contributed by atoms with Gasteiger partial charge in [0.1, 0.15) is 23.7 Å². The van der Waals surface area contributed by atoms with E-state index in [0.717, 1.165) is 5.69 Å². The number of halogens is 3. The average molecular weight is 403 g/mol. The maximum absolute atomic E-state index is 14.7. The zero-order chi connectivity index (χ0) is 19.0. The lowest BCUT2D eigenvalue weighted by Gasteiger charge is -2.14. The van der Waals surface area contributed by atoms with Crippen molar-refractivity contribution in [2.45, 2.75) is 13.5 Å². The van der Waals surface area contributed by atoms with Gasteiger partial charge in [-0.1, -0.05) is 23.2 Å². The highest BCUT2D eigenvalue weighted by molar-refractivity contribution is 6.35. The van der Waals surface area contributed by atoms with Crippen LogP contribution in [0.25, 0.3) is 16.6 Å². The summed E-state index contributed by atoms with van der Waals surface area (Å²) in [4.78, 5) is 12.4. The summed E-state index contributed by atoms with van der Waals surface area (Å²) in [6.45, 7) is 1.95. The first-order valence-corrected chi connectivity index (χ1v) is 8.79. The average Bonchev–Trinajstić information content (AvgIpc) is 3.17. The molecule has 1 aromatic carbocycles. The molecule has 8 heteroatoms. The Balaban J connectivity index is 1.82. The van der Waals surface area contributed by atoms with Crippen LogP contribution in [0.4, 0.5) is 4.39 Å². The van der Waals surface area contributed by atoms with Crippen LogP contribution in [-0.4, -0.2) is 19.5 Å². The Hall–Kier alpha value is -2.70. The molecule has 4 aromatic rings. The predicted octanol–water partition coefficient (Wildman–Crippen LogP) is 5.15. The Morgan fingerprint density at radius 3 is 2.63 bits per heavy atom. The maximum atomic E-state index is 14.7. The maximum Gasteiger partial charge on any atom is 0.146 e. The summed E-state index contributed by atoms with van der Waals surface area (Å²) in [6, 6.07) is 4.70. The molecule has 3 aromatic heterocycles. The van der Waals surface area contributed by atoms with E-state index < -0.39 is 5.82 Å². The van der Waals surface area contributed by atoms with Gasteiger partial charge in [0.15, 0.2) is 0 Å². The highest BCUT2D eigenvalue weighted by atomic mass is 35.5. The zero-order valence-corrected chi connectivity index (χ0v) is 15.7. The summed E-state index contributed by atoms with van der Waals surface area (Å²) in [5.41, 5.74) is 2.38. The van der Waals surface area contributed by atoms with Gasteiger partial charge in [0, 0.05) is 36.0 Å². The summed E-state index contributed by atoms with van der Waals surface area (Å²) in [6.07, 6.45) is 7.98. The minimum absolute atomic E-state index is 0.108. The molecular formula is C19H13Cl2FN4O. The highest BCUT2D eigenvalue weighted by Crippen LogP contribution is 2.33. The van der Waals surface area contributed by atoms with Crippen molar-refractivity contribution in [1.82, 2.24) is 19.5 Å². The molecule has 0 atom stereocenters. The fraction of sp³-hybridized carbons (Fsp3) is 0.105. The van der Waals surface area contributed by atoms with E-state index in [-0.39, 0.29) is 6.61 Å². The number of ether oxygens (including phenoxy) is 1. The van der Waals surface area contributed by atoms with Gasteiger partial charge >= 0.3 is 0 Å². The topological polar surface area (TPSA) is 52.8 Å². The van der Waals surface area contributed by atoms with Crippen molar-refractivity contribution in [1.29, 1.82) is 0 Å². The Labute approximate surface area is 164 Å². The molecular weight excluding hydrogens is 390 g/mol. The van der Waals surface area contributed by atoms with E-state index >= 15 is 0 Å². The Morgan fingerprint density at radius 1 is 1.15 bits per heavy atom. The third-order valence-electron chi connectivity index (χ3n) is 4.09. The second-order valence-electron chi connectivity index (χ2n) is 5.89. The molecule has 0 unspecified atom stereocenters. The molecule has 4 rings (SSSR count). The fourth-order valence-electron chi connectivity index (χ4n) is 2.83. The molecule has 3 heterocycles. The Morgan fingerprint density at radius 2 is 1.93 bits per heavy atom. The largest absolute Gasteiger partial charge is 0.487 e. The lowest BCUT2D eigenvalue weighted by molar-refractivity contribution is 0.309. The lowest BCUT2D eigenvalue weighted by atomic mass is 10.1. The number of pyridine rings is 2. The second-order valence-corrected chi connectivity index (χ2v) is 6.71. The number of hydrogen-bond donors (Lipinski definition) is 0.